The molecule has 118 valence electrons. The molecule has 0 saturated heterocycles. The molecule has 0 saturated carbocycles. The van der Waals surface area contributed by atoms with Crippen molar-refractivity contribution in [1.82, 2.24) is 9.55 Å². The minimum absolute atomic E-state index is 0.112. The number of benzene rings is 1. The maximum atomic E-state index is 14.9. The van der Waals surface area contributed by atoms with Crippen LogP contribution in [-0.4, -0.2) is 16.2 Å². The molecular weight excluding hydrogens is 286 g/mol. The van der Waals surface area contributed by atoms with Crippen molar-refractivity contribution >= 4 is 0 Å². The number of alkyl halides is 2. The molecule has 5 heteroatoms. The molecule has 1 aliphatic rings. The van der Waals surface area contributed by atoms with Crippen LogP contribution in [0.4, 0.5) is 8.78 Å². The lowest BCUT2D eigenvalue weighted by Crippen LogP contribution is -2.35. The third-order valence-corrected chi connectivity index (χ3v) is 4.56. The van der Waals surface area contributed by atoms with Gasteiger partial charge < -0.3 is 9.30 Å². The second-order valence-corrected chi connectivity index (χ2v) is 6.22. The van der Waals surface area contributed by atoms with Gasteiger partial charge in [0.15, 0.2) is 0 Å². The number of rotatable bonds is 4. The number of aromatic nitrogens is 2. The molecule has 3 rings (SSSR count). The highest BCUT2D eigenvalue weighted by atomic mass is 19.3. The quantitative estimate of drug-likeness (QED) is 0.849. The van der Waals surface area contributed by atoms with Gasteiger partial charge in [-0.2, -0.15) is 0 Å². The highest BCUT2D eigenvalue weighted by Crippen LogP contribution is 2.60. The van der Waals surface area contributed by atoms with Crippen LogP contribution in [-0.2, 0) is 17.3 Å². The van der Waals surface area contributed by atoms with Crippen molar-refractivity contribution < 1.29 is 13.5 Å². The van der Waals surface area contributed by atoms with Crippen LogP contribution in [0.25, 0.3) is 0 Å². The van der Waals surface area contributed by atoms with E-state index >= 15 is 0 Å². The fourth-order valence-electron chi connectivity index (χ4n) is 3.31. The van der Waals surface area contributed by atoms with E-state index in [0.717, 1.165) is 5.69 Å². The van der Waals surface area contributed by atoms with Gasteiger partial charge in [-0.05, 0) is 12.5 Å². The molecule has 1 aliphatic carbocycles. The Bertz CT molecular complexity index is 679. The summed E-state index contributed by atoms with van der Waals surface area (Å²) in [6, 6.07) is 6.32. The van der Waals surface area contributed by atoms with Crippen LogP contribution in [0.3, 0.4) is 0 Å². The number of halogens is 2. The Morgan fingerprint density at radius 1 is 1.27 bits per heavy atom. The van der Waals surface area contributed by atoms with Crippen LogP contribution in [0.5, 0.6) is 0 Å². The zero-order chi connectivity index (χ0) is 16.0. The summed E-state index contributed by atoms with van der Waals surface area (Å²) in [5.41, 5.74) is 0.347. The minimum atomic E-state index is -2.89. The molecule has 2 aromatic rings. The Labute approximate surface area is 128 Å². The molecule has 0 fully saturated rings. The van der Waals surface area contributed by atoms with Crippen LogP contribution in [0.2, 0.25) is 0 Å². The van der Waals surface area contributed by atoms with Gasteiger partial charge in [0.25, 0.3) is 5.92 Å². The summed E-state index contributed by atoms with van der Waals surface area (Å²) in [5.74, 6) is -2.89. The van der Waals surface area contributed by atoms with Gasteiger partial charge in [0.2, 0.25) is 0 Å². The van der Waals surface area contributed by atoms with E-state index in [9.17, 15) is 8.78 Å². The van der Waals surface area contributed by atoms with Crippen LogP contribution in [0, 0.1) is 5.41 Å². The molecule has 0 radical (unpaired) electrons. The summed E-state index contributed by atoms with van der Waals surface area (Å²) in [4.78, 5) is 4.14. The maximum absolute atomic E-state index is 14.9. The molecule has 1 unspecified atom stereocenters. The highest BCUT2D eigenvalue weighted by molar-refractivity contribution is 5.43. The fourth-order valence-corrected chi connectivity index (χ4v) is 3.31. The van der Waals surface area contributed by atoms with Crippen molar-refractivity contribution in [3.8, 4) is 0 Å². The molecule has 22 heavy (non-hydrogen) atoms. The first-order valence-electron chi connectivity index (χ1n) is 7.47. The lowest BCUT2D eigenvalue weighted by molar-refractivity contribution is -0.113. The van der Waals surface area contributed by atoms with Crippen LogP contribution in [0.1, 0.15) is 43.6 Å². The largest absolute Gasteiger partial charge is 0.375 e. The van der Waals surface area contributed by atoms with Crippen molar-refractivity contribution in [3.05, 3.63) is 53.6 Å². The average Bonchev–Trinajstić information content (AvgIpc) is 2.98. The number of hydrogen-bond donors (Lipinski definition) is 0. The Morgan fingerprint density at radius 3 is 2.73 bits per heavy atom. The van der Waals surface area contributed by atoms with Crippen LogP contribution in [0.15, 0.2) is 36.8 Å². The van der Waals surface area contributed by atoms with E-state index in [0.29, 0.717) is 18.8 Å². The first-order chi connectivity index (χ1) is 10.4. The number of ether oxygens (including phenoxy) is 1. The van der Waals surface area contributed by atoms with E-state index in [1.165, 1.54) is 6.07 Å². The number of hydrogen-bond acceptors (Lipinski definition) is 2. The summed E-state index contributed by atoms with van der Waals surface area (Å²) in [6.45, 7) is 6.08. The Kier molecular flexibility index (Phi) is 3.56. The zero-order valence-electron chi connectivity index (χ0n) is 13.0. The van der Waals surface area contributed by atoms with Gasteiger partial charge >= 0.3 is 0 Å². The second-order valence-electron chi connectivity index (χ2n) is 6.22. The molecule has 1 aromatic carbocycles. The molecule has 0 bridgehead atoms. The van der Waals surface area contributed by atoms with Gasteiger partial charge in [0.1, 0.15) is 0 Å². The average molecular weight is 306 g/mol. The van der Waals surface area contributed by atoms with E-state index in [1.54, 1.807) is 38.5 Å². The third-order valence-electron chi connectivity index (χ3n) is 4.56. The second kappa shape index (κ2) is 5.16. The third kappa shape index (κ3) is 1.99. The standard InChI is InChI=1S/C17H20F2N2O/c1-4-22-10-12-9-20-11-21(12)15-13-7-5-6-8-14(13)17(18,19)16(15,2)3/h5-9,11,15H,4,10H2,1-3H3. The molecule has 0 amide bonds. The van der Waals surface area contributed by atoms with E-state index in [4.69, 9.17) is 4.74 Å². The van der Waals surface area contributed by atoms with E-state index in [1.807, 2.05) is 17.6 Å². The minimum Gasteiger partial charge on any atom is -0.375 e. The fraction of sp³-hybridized carbons (Fsp3) is 0.471. The summed E-state index contributed by atoms with van der Waals surface area (Å²) in [6.07, 6.45) is 3.31. The summed E-state index contributed by atoms with van der Waals surface area (Å²) in [5, 5.41) is 0. The van der Waals surface area contributed by atoms with Gasteiger partial charge in [-0.25, -0.2) is 13.8 Å². The molecule has 0 spiro atoms. The van der Waals surface area contributed by atoms with Crippen molar-refractivity contribution in [2.24, 2.45) is 5.41 Å². The topological polar surface area (TPSA) is 27.1 Å². The maximum Gasteiger partial charge on any atom is 0.280 e. The Morgan fingerprint density at radius 2 is 2.00 bits per heavy atom. The zero-order valence-corrected chi connectivity index (χ0v) is 13.0. The highest BCUT2D eigenvalue weighted by Gasteiger charge is 2.60. The SMILES string of the molecule is CCOCc1cncn1C1c2ccccc2C(F)(F)C1(C)C. The summed E-state index contributed by atoms with van der Waals surface area (Å²) >= 11 is 0. The number of fused-ring (bicyclic) bond motifs is 1. The summed E-state index contributed by atoms with van der Waals surface area (Å²) in [7, 11) is 0. The van der Waals surface area contributed by atoms with E-state index < -0.39 is 17.4 Å². The van der Waals surface area contributed by atoms with Crippen molar-refractivity contribution in [1.29, 1.82) is 0 Å². The number of nitrogens with zero attached hydrogens (tertiary/aromatic N) is 2. The lowest BCUT2D eigenvalue weighted by Gasteiger charge is -2.34. The lowest BCUT2D eigenvalue weighted by atomic mass is 9.82. The van der Waals surface area contributed by atoms with Crippen molar-refractivity contribution in [2.75, 3.05) is 6.61 Å². The smallest absolute Gasteiger partial charge is 0.280 e. The Hall–Kier alpha value is -1.75. The predicted octanol–water partition coefficient (Wildman–Crippen LogP) is 4.14. The van der Waals surface area contributed by atoms with Gasteiger partial charge in [-0.15, -0.1) is 0 Å². The van der Waals surface area contributed by atoms with Crippen molar-refractivity contribution in [3.63, 3.8) is 0 Å². The van der Waals surface area contributed by atoms with E-state index in [2.05, 4.69) is 4.98 Å². The van der Waals surface area contributed by atoms with Crippen LogP contribution >= 0.6 is 0 Å². The van der Waals surface area contributed by atoms with Gasteiger partial charge in [-0.3, -0.25) is 0 Å². The first-order valence-corrected chi connectivity index (χ1v) is 7.47. The molecular formula is C17H20F2N2O. The van der Waals surface area contributed by atoms with Gasteiger partial charge in [0.05, 0.1) is 36.3 Å². The molecule has 3 nitrogen and oxygen atoms in total. The van der Waals surface area contributed by atoms with Crippen molar-refractivity contribution in [2.45, 2.75) is 39.3 Å². The molecule has 1 heterocycles. The Balaban J connectivity index is 2.13. The van der Waals surface area contributed by atoms with Gasteiger partial charge in [0, 0.05) is 12.2 Å². The normalized spacial score (nSPS) is 21.8. The summed E-state index contributed by atoms with van der Waals surface area (Å²) < 4.78 is 37.0. The predicted molar refractivity (Wildman–Crippen MR) is 79.8 cm³/mol. The number of imidazole rings is 1. The molecule has 0 aliphatic heterocycles. The van der Waals surface area contributed by atoms with Gasteiger partial charge in [-0.1, -0.05) is 38.1 Å². The van der Waals surface area contributed by atoms with Crippen LogP contribution < -0.4 is 0 Å². The molecule has 1 atom stereocenters. The molecule has 0 N–H and O–H groups in total. The monoisotopic (exact) mass is 306 g/mol. The first kappa shape index (κ1) is 15.2. The van der Waals surface area contributed by atoms with E-state index in [-0.39, 0.29) is 5.56 Å². The molecule has 1 aromatic heterocycles.